The molecule has 0 aliphatic rings. The summed E-state index contributed by atoms with van der Waals surface area (Å²) in [6, 6.07) is 13.3. The number of para-hydroxylation sites is 2. The van der Waals surface area contributed by atoms with Gasteiger partial charge in [0.2, 0.25) is 0 Å². The van der Waals surface area contributed by atoms with Crippen molar-refractivity contribution in [3.05, 3.63) is 73.5 Å². The van der Waals surface area contributed by atoms with Gasteiger partial charge in [-0.25, -0.2) is 0 Å². The largest absolute Gasteiger partial charge is 2.00 e. The zero-order valence-corrected chi connectivity index (χ0v) is 23.3. The maximum Gasteiger partial charge on any atom is 2.00 e. The molecule has 186 valence electrons. The summed E-state index contributed by atoms with van der Waals surface area (Å²) in [5.41, 5.74) is 9.80. The topological polar surface area (TPSA) is 24.7 Å². The van der Waals surface area contributed by atoms with Crippen LogP contribution in [0, 0.1) is 14.9 Å². The maximum absolute atomic E-state index is 5.13. The fourth-order valence-corrected chi connectivity index (χ4v) is 3.96. The van der Waals surface area contributed by atoms with Gasteiger partial charge in [0.25, 0.3) is 0 Å². The molecule has 0 atom stereocenters. The van der Waals surface area contributed by atoms with Crippen molar-refractivity contribution in [1.82, 2.24) is 0 Å². The van der Waals surface area contributed by atoms with E-state index in [1.807, 2.05) is 0 Å². The maximum atomic E-state index is 5.13. The van der Waals surface area contributed by atoms with Crippen molar-refractivity contribution in [2.75, 3.05) is 0 Å². The van der Waals surface area contributed by atoms with E-state index in [0.29, 0.717) is 0 Å². The first-order valence-corrected chi connectivity index (χ1v) is 11.9. The molecule has 0 aliphatic carbocycles. The zero-order valence-electron chi connectivity index (χ0n) is 22.3. The molecule has 0 saturated heterocycles. The molecule has 2 rings (SSSR count). The molecule has 0 fully saturated rings. The Bertz CT molecular complexity index is 759. The third-order valence-electron chi connectivity index (χ3n) is 5.57. The summed E-state index contributed by atoms with van der Waals surface area (Å²) >= 11 is 0. The molecule has 2 aromatic carbocycles. The molecule has 2 nitrogen and oxygen atoms in total. The van der Waals surface area contributed by atoms with Crippen LogP contribution >= 0.6 is 0 Å². The van der Waals surface area contributed by atoms with Crippen LogP contribution in [0.4, 0.5) is 11.4 Å². The Morgan fingerprint density at radius 2 is 0.788 bits per heavy atom. The molecule has 0 heterocycles. The SMILES string of the molecule is CCCc1cccc(CCC)c1N=C(C)C(C)=Nc1c(CCC)cccc1CCC.[CH3-].[CH3-].[Ni+2]. The monoisotopic (exact) mass is 492 g/mol. The quantitative estimate of drug-likeness (QED) is 0.169. The Hall–Kier alpha value is -1.73. The summed E-state index contributed by atoms with van der Waals surface area (Å²) in [5, 5.41) is 0. The number of nitrogens with zero attached hydrogens (tertiary/aromatic N) is 2. The molecule has 0 N–H and O–H groups in total. The first kappa shape index (κ1) is 33.4. The summed E-state index contributed by atoms with van der Waals surface area (Å²) in [6.45, 7) is 13.2. The first-order valence-electron chi connectivity index (χ1n) is 11.9. The Balaban J connectivity index is 0. The fraction of sp³-hybridized carbons (Fsp3) is 0.467. The average Bonchev–Trinajstić information content (AvgIpc) is 2.73. The molecule has 0 unspecified atom stereocenters. The van der Waals surface area contributed by atoms with Gasteiger partial charge in [-0.2, -0.15) is 0 Å². The second-order valence-electron chi connectivity index (χ2n) is 8.24. The van der Waals surface area contributed by atoms with E-state index in [0.717, 1.165) is 62.8 Å². The summed E-state index contributed by atoms with van der Waals surface area (Å²) in [5.74, 6) is 0. The van der Waals surface area contributed by atoms with E-state index in [2.05, 4.69) is 77.9 Å². The third-order valence-corrected chi connectivity index (χ3v) is 5.57. The van der Waals surface area contributed by atoms with Crippen molar-refractivity contribution >= 4 is 22.8 Å². The molecule has 3 heteroatoms. The van der Waals surface area contributed by atoms with E-state index < -0.39 is 0 Å². The van der Waals surface area contributed by atoms with Crippen LogP contribution in [0.15, 0.2) is 46.4 Å². The van der Waals surface area contributed by atoms with Gasteiger partial charge in [-0.05, 0) is 61.8 Å². The average molecular weight is 493 g/mol. The Labute approximate surface area is 215 Å². The van der Waals surface area contributed by atoms with Crippen molar-refractivity contribution in [2.45, 2.75) is 92.9 Å². The fourth-order valence-electron chi connectivity index (χ4n) is 3.96. The second-order valence-corrected chi connectivity index (χ2v) is 8.24. The van der Waals surface area contributed by atoms with E-state index in [4.69, 9.17) is 9.98 Å². The third kappa shape index (κ3) is 9.58. The molecular formula is C30H46N2Ni. The van der Waals surface area contributed by atoms with E-state index in [9.17, 15) is 0 Å². The normalized spacial score (nSPS) is 11.3. The molecular weight excluding hydrogens is 447 g/mol. The summed E-state index contributed by atoms with van der Waals surface area (Å²) in [7, 11) is 0. The van der Waals surface area contributed by atoms with Crippen molar-refractivity contribution in [2.24, 2.45) is 9.98 Å². The first-order chi connectivity index (χ1) is 14.5. The van der Waals surface area contributed by atoms with Gasteiger partial charge in [0.15, 0.2) is 0 Å². The second kappa shape index (κ2) is 17.7. The number of hydrogen-bond acceptors (Lipinski definition) is 2. The molecule has 2 aromatic rings. The van der Waals surface area contributed by atoms with Crippen LogP contribution < -0.4 is 0 Å². The molecule has 33 heavy (non-hydrogen) atoms. The number of aryl methyl sites for hydroxylation is 4. The molecule has 0 amide bonds. The number of aliphatic imine (C=N–C) groups is 2. The molecule has 0 aliphatic heterocycles. The van der Waals surface area contributed by atoms with Gasteiger partial charge in [-0.15, -0.1) is 0 Å². The number of hydrogen-bond donors (Lipinski definition) is 0. The van der Waals surface area contributed by atoms with Crippen LogP contribution in [0.1, 0.15) is 89.5 Å². The minimum atomic E-state index is 0. The number of benzene rings is 2. The van der Waals surface area contributed by atoms with Crippen molar-refractivity contribution < 1.29 is 16.5 Å². The van der Waals surface area contributed by atoms with E-state index >= 15 is 0 Å². The smallest absolute Gasteiger partial charge is 0.358 e. The van der Waals surface area contributed by atoms with Gasteiger partial charge in [0, 0.05) is 0 Å². The van der Waals surface area contributed by atoms with Gasteiger partial charge in [0.05, 0.1) is 22.8 Å². The van der Waals surface area contributed by atoms with E-state index in [-0.39, 0.29) is 31.3 Å². The predicted molar refractivity (Wildman–Crippen MR) is 147 cm³/mol. The van der Waals surface area contributed by atoms with Gasteiger partial charge < -0.3 is 14.9 Å². The minimum absolute atomic E-state index is 0. The predicted octanol–water partition coefficient (Wildman–Crippen LogP) is 9.28. The van der Waals surface area contributed by atoms with Crippen LogP contribution in [0.3, 0.4) is 0 Å². The van der Waals surface area contributed by atoms with Crippen LogP contribution in [0.2, 0.25) is 0 Å². The molecule has 0 aromatic heterocycles. The van der Waals surface area contributed by atoms with E-state index in [1.54, 1.807) is 0 Å². The molecule has 0 spiro atoms. The minimum Gasteiger partial charge on any atom is -0.358 e. The molecule has 0 saturated carbocycles. The van der Waals surface area contributed by atoms with Crippen LogP contribution in [-0.2, 0) is 42.2 Å². The summed E-state index contributed by atoms with van der Waals surface area (Å²) < 4.78 is 0. The Morgan fingerprint density at radius 1 is 0.545 bits per heavy atom. The summed E-state index contributed by atoms with van der Waals surface area (Å²) in [4.78, 5) is 10.3. The Kier molecular flexibility index (Phi) is 17.9. The van der Waals surface area contributed by atoms with Gasteiger partial charge >= 0.3 is 16.5 Å². The Morgan fingerprint density at radius 3 is 1.00 bits per heavy atom. The summed E-state index contributed by atoms with van der Waals surface area (Å²) in [6.07, 6.45) is 8.81. The van der Waals surface area contributed by atoms with Gasteiger partial charge in [-0.1, -0.05) is 89.8 Å². The van der Waals surface area contributed by atoms with Crippen molar-refractivity contribution in [3.63, 3.8) is 0 Å². The van der Waals surface area contributed by atoms with Crippen LogP contribution in [0.5, 0.6) is 0 Å². The standard InChI is InChI=1S/C28H40N2.2CH3.Ni/c1-7-13-23-17-11-18-24(14-8-2)27(23)29-21(5)22(6)30-28-25(15-9-3)19-12-20-26(28)16-10-4;;;/h11-12,17-20H,7-10,13-16H2,1-6H3;2*1H3;/q;2*-1;+2. The molecule has 0 radical (unpaired) electrons. The zero-order chi connectivity index (χ0) is 21.9. The van der Waals surface area contributed by atoms with Gasteiger partial charge in [0.1, 0.15) is 0 Å². The van der Waals surface area contributed by atoms with E-state index in [1.165, 1.54) is 33.6 Å². The number of rotatable bonds is 11. The van der Waals surface area contributed by atoms with Crippen LogP contribution in [-0.4, -0.2) is 11.4 Å². The van der Waals surface area contributed by atoms with Crippen LogP contribution in [0.25, 0.3) is 0 Å². The van der Waals surface area contributed by atoms with Gasteiger partial charge in [-0.3, -0.25) is 9.98 Å². The van der Waals surface area contributed by atoms with Crippen molar-refractivity contribution in [3.8, 4) is 0 Å². The van der Waals surface area contributed by atoms with Crippen molar-refractivity contribution in [1.29, 1.82) is 0 Å². The molecule has 0 bridgehead atoms.